The first-order valence-electron chi connectivity index (χ1n) is 5.99. The highest BCUT2D eigenvalue weighted by Crippen LogP contribution is 2.19. The van der Waals surface area contributed by atoms with Crippen LogP contribution in [0.1, 0.15) is 12.8 Å². The van der Waals surface area contributed by atoms with E-state index < -0.39 is 10.2 Å². The molecule has 0 aliphatic carbocycles. The molecule has 0 spiro atoms. The van der Waals surface area contributed by atoms with Crippen molar-refractivity contribution in [3.63, 3.8) is 0 Å². The highest BCUT2D eigenvalue weighted by Gasteiger charge is 2.30. The van der Waals surface area contributed by atoms with E-state index in [-0.39, 0.29) is 0 Å². The summed E-state index contributed by atoms with van der Waals surface area (Å²) in [6.07, 6.45) is 3.64. The van der Waals surface area contributed by atoms with Crippen molar-refractivity contribution in [2.45, 2.75) is 12.8 Å². The van der Waals surface area contributed by atoms with E-state index in [0.29, 0.717) is 25.6 Å². The largest absolute Gasteiger partial charge is 0.319 e. The van der Waals surface area contributed by atoms with Crippen molar-refractivity contribution < 1.29 is 8.42 Å². The molecule has 0 saturated carbocycles. The number of rotatable bonds is 6. The summed E-state index contributed by atoms with van der Waals surface area (Å²) in [4.78, 5) is 0. The van der Waals surface area contributed by atoms with Crippen LogP contribution < -0.4 is 5.32 Å². The van der Waals surface area contributed by atoms with Crippen LogP contribution in [0.15, 0.2) is 12.7 Å². The van der Waals surface area contributed by atoms with Crippen LogP contribution in [0, 0.1) is 5.92 Å². The topological polar surface area (TPSA) is 52.7 Å². The van der Waals surface area contributed by atoms with Crippen LogP contribution in [0.3, 0.4) is 0 Å². The van der Waals surface area contributed by atoms with Crippen LogP contribution in [0.2, 0.25) is 0 Å². The Morgan fingerprint density at radius 3 is 2.88 bits per heavy atom. The molecular weight excluding hydrogens is 238 g/mol. The number of hydrogen-bond acceptors (Lipinski definition) is 3. The van der Waals surface area contributed by atoms with Crippen LogP contribution in [0.4, 0.5) is 0 Å². The zero-order chi connectivity index (χ0) is 12.9. The van der Waals surface area contributed by atoms with Gasteiger partial charge in [0.15, 0.2) is 0 Å². The molecule has 0 aromatic carbocycles. The molecule has 0 amide bonds. The number of nitrogens with one attached hydrogen (secondary N) is 1. The van der Waals surface area contributed by atoms with E-state index in [2.05, 4.69) is 11.9 Å². The first-order valence-corrected chi connectivity index (χ1v) is 7.39. The molecule has 1 aliphatic rings. The van der Waals surface area contributed by atoms with Gasteiger partial charge >= 0.3 is 0 Å². The second-order valence-electron chi connectivity index (χ2n) is 4.50. The van der Waals surface area contributed by atoms with Gasteiger partial charge in [0.2, 0.25) is 0 Å². The van der Waals surface area contributed by atoms with Gasteiger partial charge in [0.1, 0.15) is 0 Å². The second-order valence-corrected chi connectivity index (χ2v) is 6.54. The summed E-state index contributed by atoms with van der Waals surface area (Å²) in [5, 5.41) is 3.11. The summed E-state index contributed by atoms with van der Waals surface area (Å²) in [6.45, 7) is 6.04. The average molecular weight is 261 g/mol. The fourth-order valence-corrected chi connectivity index (χ4v) is 3.61. The van der Waals surface area contributed by atoms with Gasteiger partial charge in [-0.1, -0.05) is 6.08 Å². The Bertz CT molecular complexity index is 341. The van der Waals surface area contributed by atoms with E-state index in [1.54, 1.807) is 17.4 Å². The van der Waals surface area contributed by atoms with E-state index >= 15 is 0 Å². The number of likely N-dealkylation sites (N-methyl/N-ethyl adjacent to an activating group) is 1. The molecule has 1 rings (SSSR count). The van der Waals surface area contributed by atoms with Crippen molar-refractivity contribution in [2.75, 3.05) is 40.3 Å². The zero-order valence-corrected chi connectivity index (χ0v) is 11.5. The second kappa shape index (κ2) is 6.49. The molecule has 0 bridgehead atoms. The predicted octanol–water partition coefficient (Wildman–Crippen LogP) is 0.280. The SMILES string of the molecule is C=CCN(C)S(=O)(=O)N1CCCC(CNC)C1. The predicted molar refractivity (Wildman–Crippen MR) is 70.0 cm³/mol. The minimum Gasteiger partial charge on any atom is -0.319 e. The molecule has 5 nitrogen and oxygen atoms in total. The van der Waals surface area contributed by atoms with Crippen molar-refractivity contribution in [1.82, 2.24) is 13.9 Å². The Morgan fingerprint density at radius 1 is 1.59 bits per heavy atom. The van der Waals surface area contributed by atoms with E-state index in [4.69, 9.17) is 0 Å². The molecule has 1 atom stereocenters. The van der Waals surface area contributed by atoms with Crippen molar-refractivity contribution in [3.8, 4) is 0 Å². The molecule has 0 aromatic heterocycles. The third-order valence-corrected chi connectivity index (χ3v) is 5.00. The molecule has 100 valence electrons. The molecule has 17 heavy (non-hydrogen) atoms. The van der Waals surface area contributed by atoms with Crippen LogP contribution in [0.5, 0.6) is 0 Å². The quantitative estimate of drug-likeness (QED) is 0.699. The lowest BCUT2D eigenvalue weighted by atomic mass is 10.00. The molecular formula is C11H23N3O2S. The van der Waals surface area contributed by atoms with Crippen molar-refractivity contribution in [3.05, 3.63) is 12.7 Å². The Morgan fingerprint density at radius 2 is 2.29 bits per heavy atom. The van der Waals surface area contributed by atoms with E-state index in [9.17, 15) is 8.42 Å². The fraction of sp³-hybridized carbons (Fsp3) is 0.818. The third kappa shape index (κ3) is 3.77. The van der Waals surface area contributed by atoms with Gasteiger partial charge in [-0.05, 0) is 32.4 Å². The van der Waals surface area contributed by atoms with E-state index in [1.165, 1.54) is 4.31 Å². The van der Waals surface area contributed by atoms with Crippen molar-refractivity contribution >= 4 is 10.2 Å². The van der Waals surface area contributed by atoms with Crippen LogP contribution in [-0.2, 0) is 10.2 Å². The monoisotopic (exact) mass is 261 g/mol. The van der Waals surface area contributed by atoms with E-state index in [0.717, 1.165) is 19.4 Å². The molecule has 1 N–H and O–H groups in total. The standard InChI is InChI=1S/C11H23N3O2S/c1-4-7-13(3)17(15,16)14-8-5-6-11(10-14)9-12-2/h4,11-12H,1,5-10H2,2-3H3. The summed E-state index contributed by atoms with van der Waals surface area (Å²) < 4.78 is 27.4. The smallest absolute Gasteiger partial charge is 0.282 e. The maximum Gasteiger partial charge on any atom is 0.282 e. The summed E-state index contributed by atoms with van der Waals surface area (Å²) >= 11 is 0. The maximum atomic E-state index is 12.2. The minimum absolute atomic E-state index is 0.357. The molecule has 1 unspecified atom stereocenters. The molecule has 1 saturated heterocycles. The van der Waals surface area contributed by atoms with Gasteiger partial charge in [-0.25, -0.2) is 0 Å². The molecule has 1 aliphatic heterocycles. The van der Waals surface area contributed by atoms with Gasteiger partial charge in [0.25, 0.3) is 10.2 Å². The minimum atomic E-state index is -3.31. The summed E-state index contributed by atoms with van der Waals surface area (Å²) in [5.41, 5.74) is 0. The lowest BCUT2D eigenvalue weighted by molar-refractivity contribution is 0.251. The van der Waals surface area contributed by atoms with Gasteiger partial charge in [0, 0.05) is 26.7 Å². The highest BCUT2D eigenvalue weighted by atomic mass is 32.2. The summed E-state index contributed by atoms with van der Waals surface area (Å²) in [6, 6.07) is 0. The van der Waals surface area contributed by atoms with Crippen molar-refractivity contribution in [1.29, 1.82) is 0 Å². The zero-order valence-electron chi connectivity index (χ0n) is 10.7. The van der Waals surface area contributed by atoms with Gasteiger partial charge in [-0.2, -0.15) is 17.0 Å². The highest BCUT2D eigenvalue weighted by molar-refractivity contribution is 7.86. The third-order valence-electron chi connectivity index (χ3n) is 3.08. The molecule has 1 heterocycles. The average Bonchev–Trinajstić information content (AvgIpc) is 2.30. The van der Waals surface area contributed by atoms with Crippen molar-refractivity contribution in [2.24, 2.45) is 5.92 Å². The molecule has 0 radical (unpaired) electrons. The summed E-state index contributed by atoms with van der Waals surface area (Å²) in [5.74, 6) is 0.417. The van der Waals surface area contributed by atoms with Crippen LogP contribution in [-0.4, -0.2) is 57.3 Å². The van der Waals surface area contributed by atoms with Gasteiger partial charge in [-0.3, -0.25) is 0 Å². The lowest BCUT2D eigenvalue weighted by Gasteiger charge is -2.34. The Labute approximate surface area is 105 Å². The maximum absolute atomic E-state index is 12.2. The lowest BCUT2D eigenvalue weighted by Crippen LogP contribution is -2.48. The van der Waals surface area contributed by atoms with Gasteiger partial charge < -0.3 is 5.32 Å². The van der Waals surface area contributed by atoms with Gasteiger partial charge in [0.05, 0.1) is 0 Å². The Kier molecular flexibility index (Phi) is 5.58. The first-order chi connectivity index (χ1) is 8.02. The van der Waals surface area contributed by atoms with Crippen LogP contribution in [0.25, 0.3) is 0 Å². The molecule has 1 fully saturated rings. The molecule has 6 heteroatoms. The molecule has 0 aromatic rings. The van der Waals surface area contributed by atoms with Gasteiger partial charge in [-0.15, -0.1) is 6.58 Å². The summed E-state index contributed by atoms with van der Waals surface area (Å²) in [7, 11) is 0.188. The Hall–Kier alpha value is -0.430. The number of nitrogens with zero attached hydrogens (tertiary/aromatic N) is 2. The fourth-order valence-electron chi connectivity index (χ4n) is 2.16. The number of hydrogen-bond donors (Lipinski definition) is 1. The Balaban J connectivity index is 2.67. The van der Waals surface area contributed by atoms with E-state index in [1.807, 2.05) is 7.05 Å². The first kappa shape index (κ1) is 14.6. The number of piperidine rings is 1. The normalized spacial score (nSPS) is 22.9. The van der Waals surface area contributed by atoms with Crippen LogP contribution >= 0.6 is 0 Å².